The predicted molar refractivity (Wildman–Crippen MR) is 81.4 cm³/mol. The number of hydrogen-bond donors (Lipinski definition) is 3. The molecule has 1 atom stereocenters. The summed E-state index contributed by atoms with van der Waals surface area (Å²) >= 11 is 0. The molecule has 2 heterocycles. The van der Waals surface area contributed by atoms with E-state index in [1.807, 2.05) is 30.6 Å². The number of benzene rings is 1. The molecule has 4 N–H and O–H groups in total. The van der Waals surface area contributed by atoms with Crippen LogP contribution in [0.25, 0.3) is 10.8 Å². The molecule has 0 aliphatic rings. The number of aromatic nitrogens is 3. The minimum atomic E-state index is 0.136. The molecule has 3 rings (SSSR count). The van der Waals surface area contributed by atoms with Gasteiger partial charge < -0.3 is 16.0 Å². The number of pyridine rings is 1. The van der Waals surface area contributed by atoms with Gasteiger partial charge in [0.2, 0.25) is 0 Å². The van der Waals surface area contributed by atoms with Crippen molar-refractivity contribution in [2.45, 2.75) is 19.4 Å². The minimum Gasteiger partial charge on any atom is -0.398 e. The Bertz CT molecular complexity index is 705. The van der Waals surface area contributed by atoms with Gasteiger partial charge in [-0.2, -0.15) is 0 Å². The molecule has 1 unspecified atom stereocenters. The predicted octanol–water partition coefficient (Wildman–Crippen LogP) is 3.10. The number of anilines is 2. The lowest BCUT2D eigenvalue weighted by atomic mass is 10.1. The molecule has 0 radical (unpaired) electrons. The SMILES string of the molecule is CCC(Nc1ccc(N)c2ccncc12)c1ncc[nH]1. The van der Waals surface area contributed by atoms with Gasteiger partial charge in [0.1, 0.15) is 5.82 Å². The lowest BCUT2D eigenvalue weighted by molar-refractivity contribution is 0.705. The van der Waals surface area contributed by atoms with Gasteiger partial charge in [-0.25, -0.2) is 4.98 Å². The standard InChI is InChI=1S/C15H17N5/c1-2-13(15-18-7-8-19-15)20-14-4-3-12(16)10-5-6-17-9-11(10)14/h3-9,13,20H,2,16H2,1H3,(H,18,19). The van der Waals surface area contributed by atoms with Gasteiger partial charge in [-0.3, -0.25) is 4.98 Å². The van der Waals surface area contributed by atoms with E-state index in [9.17, 15) is 0 Å². The van der Waals surface area contributed by atoms with Crippen LogP contribution >= 0.6 is 0 Å². The summed E-state index contributed by atoms with van der Waals surface area (Å²) in [5.74, 6) is 0.932. The number of hydrogen-bond acceptors (Lipinski definition) is 4. The lowest BCUT2D eigenvalue weighted by Crippen LogP contribution is -2.11. The Morgan fingerprint density at radius 3 is 2.90 bits per heavy atom. The van der Waals surface area contributed by atoms with Gasteiger partial charge in [0.05, 0.1) is 6.04 Å². The van der Waals surface area contributed by atoms with E-state index in [2.05, 4.69) is 27.2 Å². The van der Waals surface area contributed by atoms with E-state index in [0.29, 0.717) is 0 Å². The molecule has 20 heavy (non-hydrogen) atoms. The molecule has 2 aromatic heterocycles. The number of nitrogens with zero attached hydrogens (tertiary/aromatic N) is 2. The van der Waals surface area contributed by atoms with E-state index in [-0.39, 0.29) is 6.04 Å². The number of nitrogens with one attached hydrogen (secondary N) is 2. The number of fused-ring (bicyclic) bond motifs is 1. The van der Waals surface area contributed by atoms with Crippen LogP contribution in [-0.4, -0.2) is 15.0 Å². The van der Waals surface area contributed by atoms with Crippen LogP contribution in [0.3, 0.4) is 0 Å². The zero-order valence-electron chi connectivity index (χ0n) is 11.3. The van der Waals surface area contributed by atoms with E-state index in [1.165, 1.54) is 0 Å². The highest BCUT2D eigenvalue weighted by molar-refractivity contribution is 6.00. The number of H-pyrrole nitrogens is 1. The second-order valence-corrected chi connectivity index (χ2v) is 4.70. The number of rotatable bonds is 4. The second-order valence-electron chi connectivity index (χ2n) is 4.70. The Balaban J connectivity index is 2.00. The van der Waals surface area contributed by atoms with E-state index in [4.69, 9.17) is 5.73 Å². The molecule has 0 spiro atoms. The normalized spacial score (nSPS) is 12.4. The summed E-state index contributed by atoms with van der Waals surface area (Å²) in [7, 11) is 0. The van der Waals surface area contributed by atoms with Crippen LogP contribution in [0.4, 0.5) is 11.4 Å². The largest absolute Gasteiger partial charge is 0.398 e. The third-order valence-corrected chi connectivity index (χ3v) is 3.44. The van der Waals surface area contributed by atoms with Crippen LogP contribution < -0.4 is 11.1 Å². The monoisotopic (exact) mass is 267 g/mol. The van der Waals surface area contributed by atoms with E-state index < -0.39 is 0 Å². The Morgan fingerprint density at radius 2 is 2.15 bits per heavy atom. The molecule has 0 amide bonds. The van der Waals surface area contributed by atoms with Crippen molar-refractivity contribution in [1.29, 1.82) is 0 Å². The molecule has 0 aliphatic carbocycles. The summed E-state index contributed by atoms with van der Waals surface area (Å²) in [5, 5.41) is 5.55. The number of aromatic amines is 1. The maximum absolute atomic E-state index is 6.01. The van der Waals surface area contributed by atoms with Crippen molar-refractivity contribution in [3.05, 3.63) is 48.8 Å². The topological polar surface area (TPSA) is 79.6 Å². The van der Waals surface area contributed by atoms with Gasteiger partial charge in [-0.05, 0) is 24.6 Å². The number of nitrogens with two attached hydrogens (primary N) is 1. The average molecular weight is 267 g/mol. The molecular weight excluding hydrogens is 250 g/mol. The summed E-state index contributed by atoms with van der Waals surface area (Å²) < 4.78 is 0. The maximum Gasteiger partial charge on any atom is 0.128 e. The van der Waals surface area contributed by atoms with Crippen LogP contribution in [0.1, 0.15) is 25.2 Å². The molecular formula is C15H17N5. The van der Waals surface area contributed by atoms with Gasteiger partial charge >= 0.3 is 0 Å². The van der Waals surface area contributed by atoms with Crippen molar-refractivity contribution < 1.29 is 0 Å². The Hall–Kier alpha value is -2.56. The van der Waals surface area contributed by atoms with Crippen molar-refractivity contribution in [3.8, 4) is 0 Å². The Labute approximate surface area is 117 Å². The maximum atomic E-state index is 6.01. The minimum absolute atomic E-state index is 0.136. The van der Waals surface area contributed by atoms with Gasteiger partial charge in [0, 0.05) is 46.9 Å². The third kappa shape index (κ3) is 2.18. The third-order valence-electron chi connectivity index (χ3n) is 3.44. The fraction of sp³-hybridized carbons (Fsp3) is 0.200. The smallest absolute Gasteiger partial charge is 0.128 e. The van der Waals surface area contributed by atoms with Gasteiger partial charge in [-0.1, -0.05) is 6.92 Å². The zero-order chi connectivity index (χ0) is 13.9. The molecule has 5 nitrogen and oxygen atoms in total. The molecule has 0 saturated carbocycles. The van der Waals surface area contributed by atoms with Crippen molar-refractivity contribution >= 4 is 22.1 Å². The van der Waals surface area contributed by atoms with Crippen LogP contribution in [0.2, 0.25) is 0 Å². The lowest BCUT2D eigenvalue weighted by Gasteiger charge is -2.18. The van der Waals surface area contributed by atoms with E-state index >= 15 is 0 Å². The zero-order valence-corrected chi connectivity index (χ0v) is 11.3. The van der Waals surface area contributed by atoms with E-state index in [0.717, 1.165) is 34.4 Å². The van der Waals surface area contributed by atoms with Crippen molar-refractivity contribution in [1.82, 2.24) is 15.0 Å². The van der Waals surface area contributed by atoms with Crippen LogP contribution in [0.5, 0.6) is 0 Å². The first-order chi connectivity index (χ1) is 9.79. The fourth-order valence-corrected chi connectivity index (χ4v) is 2.36. The quantitative estimate of drug-likeness (QED) is 0.634. The van der Waals surface area contributed by atoms with Gasteiger partial charge in [-0.15, -0.1) is 0 Å². The highest BCUT2D eigenvalue weighted by atomic mass is 15.0. The molecule has 0 bridgehead atoms. The molecule has 102 valence electrons. The summed E-state index contributed by atoms with van der Waals surface area (Å²) in [5.41, 5.74) is 7.79. The van der Waals surface area contributed by atoms with Gasteiger partial charge in [0.25, 0.3) is 0 Å². The molecule has 0 saturated heterocycles. The average Bonchev–Trinajstić information content (AvgIpc) is 3.01. The number of nitrogen functional groups attached to an aromatic ring is 1. The number of imidazole rings is 1. The molecule has 0 aliphatic heterocycles. The molecule has 5 heteroatoms. The fourth-order valence-electron chi connectivity index (χ4n) is 2.36. The van der Waals surface area contributed by atoms with Crippen LogP contribution in [0, 0.1) is 0 Å². The van der Waals surface area contributed by atoms with Crippen molar-refractivity contribution in [2.75, 3.05) is 11.1 Å². The highest BCUT2D eigenvalue weighted by Crippen LogP contribution is 2.30. The van der Waals surface area contributed by atoms with Crippen LogP contribution in [0.15, 0.2) is 43.0 Å². The second kappa shape index (κ2) is 5.21. The molecule has 0 fully saturated rings. The summed E-state index contributed by atoms with van der Waals surface area (Å²) in [4.78, 5) is 11.7. The Morgan fingerprint density at radius 1 is 1.25 bits per heavy atom. The summed E-state index contributed by atoms with van der Waals surface area (Å²) in [6.45, 7) is 2.12. The summed E-state index contributed by atoms with van der Waals surface area (Å²) in [6, 6.07) is 5.98. The first-order valence-corrected chi connectivity index (χ1v) is 6.67. The first kappa shape index (κ1) is 12.5. The van der Waals surface area contributed by atoms with Crippen molar-refractivity contribution in [2.24, 2.45) is 0 Å². The Kier molecular flexibility index (Phi) is 3.25. The first-order valence-electron chi connectivity index (χ1n) is 6.67. The van der Waals surface area contributed by atoms with Crippen LogP contribution in [-0.2, 0) is 0 Å². The van der Waals surface area contributed by atoms with Gasteiger partial charge in [0.15, 0.2) is 0 Å². The van der Waals surface area contributed by atoms with Crippen molar-refractivity contribution in [3.63, 3.8) is 0 Å². The molecule has 3 aromatic rings. The summed E-state index contributed by atoms with van der Waals surface area (Å²) in [6.07, 6.45) is 8.12. The highest BCUT2D eigenvalue weighted by Gasteiger charge is 2.13. The molecule has 1 aromatic carbocycles. The van der Waals surface area contributed by atoms with E-state index in [1.54, 1.807) is 12.4 Å².